The molecule has 0 spiro atoms. The average Bonchev–Trinajstić information content (AvgIpc) is 3.06. The number of hydrogen-bond acceptors (Lipinski definition) is 6. The second kappa shape index (κ2) is 8.91. The highest BCUT2D eigenvalue weighted by Gasteiger charge is 2.29. The number of anilines is 1. The smallest absolute Gasteiger partial charge is 0.422 e. The third kappa shape index (κ3) is 6.01. The van der Waals surface area contributed by atoms with Crippen molar-refractivity contribution in [2.24, 2.45) is 4.99 Å². The Bertz CT molecular complexity index is 954. The van der Waals surface area contributed by atoms with Crippen molar-refractivity contribution in [3.05, 3.63) is 41.2 Å². The molecule has 0 radical (unpaired) electrons. The van der Waals surface area contributed by atoms with Gasteiger partial charge in [-0.25, -0.2) is 9.98 Å². The molecule has 0 atom stereocenters. The molecular formula is C18H15ClF3N3O3S. The van der Waals surface area contributed by atoms with E-state index in [0.29, 0.717) is 17.3 Å². The van der Waals surface area contributed by atoms with Crippen LogP contribution in [0, 0.1) is 0 Å². The highest BCUT2D eigenvalue weighted by Crippen LogP contribution is 2.33. The summed E-state index contributed by atoms with van der Waals surface area (Å²) in [6, 6.07) is 5.94. The van der Waals surface area contributed by atoms with Gasteiger partial charge in [0, 0.05) is 18.2 Å². The number of nitrogens with zero attached hydrogens (tertiary/aromatic N) is 2. The third-order valence-electron chi connectivity index (χ3n) is 3.73. The third-order valence-corrected chi connectivity index (χ3v) is 4.91. The number of alkyl halides is 3. The number of aliphatic imine (C=N–C) groups is 1. The molecule has 11 heteroatoms. The van der Waals surface area contributed by atoms with E-state index in [-0.39, 0.29) is 23.2 Å². The summed E-state index contributed by atoms with van der Waals surface area (Å²) in [4.78, 5) is 20.6. The summed E-state index contributed by atoms with van der Waals surface area (Å²) < 4.78 is 46.9. The lowest BCUT2D eigenvalue weighted by molar-refractivity contribution is -0.153. The molecule has 1 N–H and O–H groups in total. The van der Waals surface area contributed by atoms with Gasteiger partial charge < -0.3 is 14.8 Å². The molecule has 0 aliphatic carbocycles. The van der Waals surface area contributed by atoms with Gasteiger partial charge in [-0.2, -0.15) is 13.2 Å². The first kappa shape index (κ1) is 21.3. The summed E-state index contributed by atoms with van der Waals surface area (Å²) >= 11 is 7.12. The van der Waals surface area contributed by atoms with Crippen molar-refractivity contribution in [3.63, 3.8) is 0 Å². The molecule has 154 valence electrons. The van der Waals surface area contributed by atoms with Crippen LogP contribution in [0.15, 0.2) is 35.5 Å². The van der Waals surface area contributed by atoms with Crippen LogP contribution in [-0.2, 0) is 11.2 Å². The normalized spacial score (nSPS) is 12.9. The maximum atomic E-state index is 12.4. The molecule has 0 saturated carbocycles. The van der Waals surface area contributed by atoms with Gasteiger partial charge in [0.2, 0.25) is 5.91 Å². The number of amides is 1. The fourth-order valence-corrected chi connectivity index (χ4v) is 3.47. The fourth-order valence-electron chi connectivity index (χ4n) is 2.50. The molecule has 1 aromatic heterocycles. The van der Waals surface area contributed by atoms with Crippen LogP contribution >= 0.6 is 23.4 Å². The predicted octanol–water partition coefficient (Wildman–Crippen LogP) is 4.64. The first-order valence-electron chi connectivity index (χ1n) is 8.26. The maximum Gasteiger partial charge on any atom is 0.422 e. The van der Waals surface area contributed by atoms with E-state index < -0.39 is 12.8 Å². The van der Waals surface area contributed by atoms with E-state index in [1.807, 2.05) is 0 Å². The SMILES string of the molecule is COc1ccc(NC(=O)CSC2=Nc3cnc(Cl)cc3C2)cc1OCC(F)(F)F. The number of hydrogen-bond donors (Lipinski definition) is 1. The van der Waals surface area contributed by atoms with E-state index in [1.165, 1.54) is 37.1 Å². The molecule has 0 bridgehead atoms. The summed E-state index contributed by atoms with van der Waals surface area (Å²) in [7, 11) is 1.31. The standard InChI is InChI=1S/C18H15ClF3N3O3S/c1-27-13-3-2-11(6-14(13)28-9-18(20,21)22)24-16(26)8-29-17-5-10-4-15(19)23-7-12(10)25-17/h2-4,6-7H,5,8-9H2,1H3,(H,24,26). The van der Waals surface area contributed by atoms with Gasteiger partial charge in [-0.15, -0.1) is 11.8 Å². The number of carbonyl (C=O) groups is 1. The van der Waals surface area contributed by atoms with Gasteiger partial charge in [0.15, 0.2) is 18.1 Å². The number of rotatable bonds is 6. The topological polar surface area (TPSA) is 72.8 Å². The molecule has 1 aliphatic rings. The van der Waals surface area contributed by atoms with E-state index in [2.05, 4.69) is 15.3 Å². The van der Waals surface area contributed by atoms with Crippen molar-refractivity contribution in [3.8, 4) is 11.5 Å². The zero-order valence-electron chi connectivity index (χ0n) is 15.0. The minimum Gasteiger partial charge on any atom is -0.493 e. The zero-order chi connectivity index (χ0) is 21.0. The van der Waals surface area contributed by atoms with Gasteiger partial charge in [-0.1, -0.05) is 11.6 Å². The largest absolute Gasteiger partial charge is 0.493 e. The number of pyridine rings is 1. The van der Waals surface area contributed by atoms with Gasteiger partial charge in [0.05, 0.1) is 29.8 Å². The molecule has 29 heavy (non-hydrogen) atoms. The maximum absolute atomic E-state index is 12.4. The molecule has 1 aliphatic heterocycles. The number of nitrogens with one attached hydrogen (secondary N) is 1. The number of halogens is 4. The lowest BCUT2D eigenvalue weighted by Crippen LogP contribution is -2.20. The van der Waals surface area contributed by atoms with Gasteiger partial charge in [-0.3, -0.25) is 4.79 Å². The van der Waals surface area contributed by atoms with Gasteiger partial charge in [0.25, 0.3) is 0 Å². The Hall–Kier alpha value is -2.46. The Labute approximate surface area is 173 Å². The second-order valence-corrected chi connectivity index (χ2v) is 7.36. The molecule has 0 unspecified atom stereocenters. The Balaban J connectivity index is 1.57. The second-order valence-electron chi connectivity index (χ2n) is 5.92. The number of methoxy groups -OCH3 is 1. The number of benzene rings is 1. The average molecular weight is 446 g/mol. The molecular weight excluding hydrogens is 431 g/mol. The summed E-state index contributed by atoms with van der Waals surface area (Å²) in [5.41, 5.74) is 1.95. The molecule has 2 aromatic rings. The van der Waals surface area contributed by atoms with Crippen LogP contribution in [0.4, 0.5) is 24.5 Å². The fraction of sp³-hybridized carbons (Fsp3) is 0.278. The summed E-state index contributed by atoms with van der Waals surface area (Å²) in [5, 5.41) is 3.75. The lowest BCUT2D eigenvalue weighted by Gasteiger charge is -2.14. The quantitative estimate of drug-likeness (QED) is 0.656. The zero-order valence-corrected chi connectivity index (χ0v) is 16.6. The van der Waals surface area contributed by atoms with E-state index >= 15 is 0 Å². The van der Waals surface area contributed by atoms with Crippen LogP contribution in [-0.4, -0.2) is 41.6 Å². The molecule has 2 heterocycles. The Morgan fingerprint density at radius 2 is 2.10 bits per heavy atom. The molecule has 1 amide bonds. The minimum atomic E-state index is -4.49. The van der Waals surface area contributed by atoms with Crippen molar-refractivity contribution >= 4 is 45.7 Å². The molecule has 0 saturated heterocycles. The van der Waals surface area contributed by atoms with Crippen LogP contribution < -0.4 is 14.8 Å². The van der Waals surface area contributed by atoms with Crippen LogP contribution in [0.5, 0.6) is 11.5 Å². The van der Waals surface area contributed by atoms with E-state index in [0.717, 1.165) is 16.3 Å². The Morgan fingerprint density at radius 1 is 1.31 bits per heavy atom. The summed E-state index contributed by atoms with van der Waals surface area (Å²) in [6.45, 7) is -1.46. The van der Waals surface area contributed by atoms with Gasteiger partial charge in [-0.05, 0) is 23.8 Å². The van der Waals surface area contributed by atoms with E-state index in [9.17, 15) is 18.0 Å². The summed E-state index contributed by atoms with van der Waals surface area (Å²) in [5.74, 6) is -0.238. The Kier molecular flexibility index (Phi) is 6.53. The van der Waals surface area contributed by atoms with Crippen molar-refractivity contribution < 1.29 is 27.4 Å². The number of aromatic nitrogens is 1. The van der Waals surface area contributed by atoms with Gasteiger partial charge >= 0.3 is 6.18 Å². The first-order chi connectivity index (χ1) is 13.7. The monoisotopic (exact) mass is 445 g/mol. The van der Waals surface area contributed by atoms with Crippen molar-refractivity contribution in [2.75, 3.05) is 24.8 Å². The van der Waals surface area contributed by atoms with Gasteiger partial charge in [0.1, 0.15) is 5.15 Å². The van der Waals surface area contributed by atoms with E-state index in [1.54, 1.807) is 12.3 Å². The summed E-state index contributed by atoms with van der Waals surface area (Å²) in [6.07, 6.45) is -2.35. The van der Waals surface area contributed by atoms with E-state index in [4.69, 9.17) is 21.1 Å². The van der Waals surface area contributed by atoms with Crippen LogP contribution in [0.25, 0.3) is 0 Å². The van der Waals surface area contributed by atoms with Crippen LogP contribution in [0.1, 0.15) is 5.56 Å². The lowest BCUT2D eigenvalue weighted by atomic mass is 10.2. The minimum absolute atomic E-state index is 0.0821. The highest BCUT2D eigenvalue weighted by atomic mass is 35.5. The number of carbonyl (C=O) groups excluding carboxylic acids is 1. The number of ether oxygens (including phenoxy) is 2. The van der Waals surface area contributed by atoms with Crippen molar-refractivity contribution in [1.29, 1.82) is 0 Å². The molecule has 6 nitrogen and oxygen atoms in total. The first-order valence-corrected chi connectivity index (χ1v) is 9.62. The van der Waals surface area contributed by atoms with Crippen LogP contribution in [0.3, 0.4) is 0 Å². The number of fused-ring (bicyclic) bond motifs is 1. The Morgan fingerprint density at radius 3 is 2.83 bits per heavy atom. The molecule has 3 rings (SSSR count). The molecule has 1 aromatic carbocycles. The highest BCUT2D eigenvalue weighted by molar-refractivity contribution is 8.14. The number of thioether (sulfide) groups is 1. The predicted molar refractivity (Wildman–Crippen MR) is 106 cm³/mol. The van der Waals surface area contributed by atoms with Crippen molar-refractivity contribution in [1.82, 2.24) is 4.98 Å². The van der Waals surface area contributed by atoms with Crippen LogP contribution in [0.2, 0.25) is 5.15 Å². The van der Waals surface area contributed by atoms with Crippen molar-refractivity contribution in [2.45, 2.75) is 12.6 Å². The molecule has 0 fully saturated rings.